The van der Waals surface area contributed by atoms with E-state index >= 15 is 0 Å². The second-order valence-electron chi connectivity index (χ2n) is 8.14. The number of nitrogens with zero attached hydrogens (tertiary/aromatic N) is 3. The minimum absolute atomic E-state index is 0.00209. The van der Waals surface area contributed by atoms with E-state index in [9.17, 15) is 24.4 Å². The fourth-order valence-corrected chi connectivity index (χ4v) is 4.44. The topological polar surface area (TPSA) is 133 Å². The highest BCUT2D eigenvalue weighted by Crippen LogP contribution is 2.32. The Kier molecular flexibility index (Phi) is 7.20. The molecule has 1 saturated heterocycles. The molecule has 1 aliphatic carbocycles. The van der Waals surface area contributed by atoms with E-state index in [1.165, 1.54) is 11.0 Å². The first-order valence-electron chi connectivity index (χ1n) is 10.4. The third-order valence-electron chi connectivity index (χ3n) is 5.91. The van der Waals surface area contributed by atoms with Crippen LogP contribution in [0.4, 0.5) is 0 Å². The van der Waals surface area contributed by atoms with Gasteiger partial charge in [-0.15, -0.1) is 0 Å². The van der Waals surface area contributed by atoms with Crippen molar-refractivity contribution in [2.75, 3.05) is 13.1 Å². The van der Waals surface area contributed by atoms with E-state index in [1.54, 1.807) is 6.92 Å². The molecule has 0 unspecified atom stereocenters. The maximum Gasteiger partial charge on any atom is 0.280 e. The van der Waals surface area contributed by atoms with Crippen molar-refractivity contribution in [3.05, 3.63) is 17.5 Å². The maximum absolute atomic E-state index is 13.2. The summed E-state index contributed by atoms with van der Waals surface area (Å²) in [6, 6.07) is 0.650. The smallest absolute Gasteiger partial charge is 0.280 e. The van der Waals surface area contributed by atoms with Crippen molar-refractivity contribution in [3.8, 4) is 0 Å². The van der Waals surface area contributed by atoms with Crippen molar-refractivity contribution >= 4 is 24.1 Å². The molecule has 3 rings (SSSR count). The first-order chi connectivity index (χ1) is 14.4. The number of carbonyl (C=O) groups is 4. The van der Waals surface area contributed by atoms with Gasteiger partial charge in [-0.05, 0) is 32.1 Å². The van der Waals surface area contributed by atoms with Crippen molar-refractivity contribution in [2.45, 2.75) is 57.9 Å². The van der Waals surface area contributed by atoms with Crippen LogP contribution in [0.3, 0.4) is 0 Å². The lowest BCUT2D eigenvalue weighted by atomic mass is 9.91. The lowest BCUT2D eigenvalue weighted by molar-refractivity contribution is -0.158. The van der Waals surface area contributed by atoms with Crippen molar-refractivity contribution in [3.63, 3.8) is 0 Å². The Bertz CT molecular complexity index is 788. The minimum Gasteiger partial charge on any atom is -0.361 e. The molecule has 10 heteroatoms. The van der Waals surface area contributed by atoms with E-state index in [0.29, 0.717) is 42.5 Å². The second-order valence-corrected chi connectivity index (χ2v) is 8.14. The van der Waals surface area contributed by atoms with Gasteiger partial charge in [0.25, 0.3) is 5.91 Å². The van der Waals surface area contributed by atoms with Crippen molar-refractivity contribution in [2.24, 2.45) is 11.8 Å². The molecule has 164 valence electrons. The van der Waals surface area contributed by atoms with Gasteiger partial charge in [-0.3, -0.25) is 29.7 Å². The lowest BCUT2D eigenvalue weighted by Gasteiger charge is -2.30. The van der Waals surface area contributed by atoms with E-state index < -0.39 is 23.8 Å². The predicted molar refractivity (Wildman–Crippen MR) is 103 cm³/mol. The van der Waals surface area contributed by atoms with Crippen LogP contribution in [-0.2, 0) is 14.4 Å². The monoisotopic (exact) mass is 420 g/mol. The van der Waals surface area contributed by atoms with Gasteiger partial charge in [-0.2, -0.15) is 0 Å². The van der Waals surface area contributed by atoms with Gasteiger partial charge in [0.15, 0.2) is 5.69 Å². The zero-order valence-corrected chi connectivity index (χ0v) is 17.1. The largest absolute Gasteiger partial charge is 0.361 e. The molecule has 30 heavy (non-hydrogen) atoms. The van der Waals surface area contributed by atoms with E-state index in [-0.39, 0.29) is 24.6 Å². The Labute approximate surface area is 174 Å². The van der Waals surface area contributed by atoms with Crippen LogP contribution in [0.15, 0.2) is 10.6 Å². The molecule has 10 nitrogen and oxygen atoms in total. The van der Waals surface area contributed by atoms with Gasteiger partial charge in [-0.1, -0.05) is 30.8 Å². The molecule has 0 spiro atoms. The fraction of sp³-hybridized carbons (Fsp3) is 0.650. The van der Waals surface area contributed by atoms with Gasteiger partial charge in [-0.25, -0.2) is 5.06 Å². The number of likely N-dealkylation sites (tertiary alicyclic amines) is 1. The molecule has 2 atom stereocenters. The summed E-state index contributed by atoms with van der Waals surface area (Å²) in [4.78, 5) is 50.5. The normalized spacial score (nSPS) is 20.2. The number of hydrogen-bond donors (Lipinski definition) is 2. The molecule has 0 aromatic carbocycles. The Hall–Kier alpha value is -2.75. The fourth-order valence-electron chi connectivity index (χ4n) is 4.44. The quantitative estimate of drug-likeness (QED) is 0.280. The highest BCUT2D eigenvalue weighted by atomic mass is 16.5. The van der Waals surface area contributed by atoms with Crippen LogP contribution in [-0.4, -0.2) is 63.6 Å². The van der Waals surface area contributed by atoms with Crippen LogP contribution >= 0.6 is 0 Å². The van der Waals surface area contributed by atoms with Crippen LogP contribution in [0.2, 0.25) is 0 Å². The summed E-state index contributed by atoms with van der Waals surface area (Å²) < 4.78 is 4.85. The summed E-state index contributed by atoms with van der Waals surface area (Å²) >= 11 is 0. The first-order valence-corrected chi connectivity index (χ1v) is 10.4. The zero-order chi connectivity index (χ0) is 21.7. The molecular formula is C20H28N4O6. The van der Waals surface area contributed by atoms with E-state index in [1.807, 2.05) is 0 Å². The van der Waals surface area contributed by atoms with E-state index in [4.69, 9.17) is 4.52 Å². The van der Waals surface area contributed by atoms with Gasteiger partial charge in [0.1, 0.15) is 11.8 Å². The average Bonchev–Trinajstić information content (AvgIpc) is 3.48. The van der Waals surface area contributed by atoms with Gasteiger partial charge < -0.3 is 9.42 Å². The molecule has 4 amide bonds. The number of nitrogens with one attached hydrogen (secondary N) is 1. The molecule has 1 aromatic heterocycles. The third kappa shape index (κ3) is 5.24. The lowest BCUT2D eigenvalue weighted by Crippen LogP contribution is -2.50. The van der Waals surface area contributed by atoms with Crippen LogP contribution in [0, 0.1) is 18.8 Å². The molecule has 2 aliphatic rings. The van der Waals surface area contributed by atoms with Gasteiger partial charge >= 0.3 is 0 Å². The van der Waals surface area contributed by atoms with Crippen molar-refractivity contribution in [1.29, 1.82) is 0 Å². The Morgan fingerprint density at radius 3 is 2.70 bits per heavy atom. The minimum atomic E-state index is -0.774. The number of aryl methyl sites for hydroxylation is 1. The SMILES string of the molecule is Cc1cc(C(=O)NC(=O)[C@@H]2CCCN2C(=O)[C@H](CC2CCCC2)CN(O)C=O)no1. The van der Waals surface area contributed by atoms with E-state index in [2.05, 4.69) is 10.5 Å². The van der Waals surface area contributed by atoms with Crippen molar-refractivity contribution in [1.82, 2.24) is 20.4 Å². The summed E-state index contributed by atoms with van der Waals surface area (Å²) in [6.07, 6.45) is 6.18. The molecule has 0 bridgehead atoms. The van der Waals surface area contributed by atoms with Crippen LogP contribution in [0.5, 0.6) is 0 Å². The predicted octanol–water partition coefficient (Wildman–Crippen LogP) is 1.27. The standard InChI is InChI=1S/C20H28N4O6/c1-13-9-16(22-30-13)18(26)21-19(27)17-7-4-8-24(17)20(28)15(11-23(29)12-25)10-14-5-2-3-6-14/h9,12,14-15,17,29H,2-8,10-11H2,1H3,(H,21,26,27)/t15-,17+/m1/s1. The number of imide groups is 1. The number of rotatable bonds is 8. The maximum atomic E-state index is 13.2. The molecule has 2 N–H and O–H groups in total. The molecule has 1 saturated carbocycles. The Balaban J connectivity index is 1.67. The molecule has 0 radical (unpaired) electrons. The first kappa shape index (κ1) is 21.9. The van der Waals surface area contributed by atoms with Gasteiger partial charge in [0, 0.05) is 12.6 Å². The average molecular weight is 420 g/mol. The molecular weight excluding hydrogens is 392 g/mol. The molecule has 1 aromatic rings. The van der Waals surface area contributed by atoms with Crippen LogP contribution in [0.1, 0.15) is 61.2 Å². The highest BCUT2D eigenvalue weighted by Gasteiger charge is 2.39. The summed E-state index contributed by atoms with van der Waals surface area (Å²) in [6.45, 7) is 1.92. The van der Waals surface area contributed by atoms with Gasteiger partial charge in [0.05, 0.1) is 12.5 Å². The summed E-state index contributed by atoms with van der Waals surface area (Å²) in [5.41, 5.74) is -0.00209. The number of amides is 4. The molecule has 1 aliphatic heterocycles. The summed E-state index contributed by atoms with van der Waals surface area (Å²) in [7, 11) is 0. The van der Waals surface area contributed by atoms with Crippen LogP contribution < -0.4 is 5.32 Å². The number of hydrogen-bond acceptors (Lipinski definition) is 7. The number of carbonyl (C=O) groups excluding carboxylic acids is 4. The summed E-state index contributed by atoms with van der Waals surface area (Å²) in [5, 5.41) is 16.0. The van der Waals surface area contributed by atoms with Crippen molar-refractivity contribution < 1.29 is 28.9 Å². The molecule has 2 heterocycles. The highest BCUT2D eigenvalue weighted by molar-refractivity contribution is 6.06. The third-order valence-corrected chi connectivity index (χ3v) is 5.91. The van der Waals surface area contributed by atoms with Gasteiger partial charge in [0.2, 0.25) is 18.2 Å². The number of hydroxylamine groups is 2. The summed E-state index contributed by atoms with van der Waals surface area (Å²) in [5.74, 6) is -1.30. The number of aromatic nitrogens is 1. The van der Waals surface area contributed by atoms with E-state index in [0.717, 1.165) is 25.7 Å². The molecule has 2 fully saturated rings. The van der Waals surface area contributed by atoms with Crippen LogP contribution in [0.25, 0.3) is 0 Å². The second kappa shape index (κ2) is 9.84. The Morgan fingerprint density at radius 1 is 1.33 bits per heavy atom. The zero-order valence-electron chi connectivity index (χ0n) is 17.1. The Morgan fingerprint density at radius 2 is 2.07 bits per heavy atom.